The number of nitrogens with zero attached hydrogens (tertiary/aromatic N) is 3. The molecule has 0 amide bonds. The number of piperidine rings is 1. The predicted octanol–water partition coefficient (Wildman–Crippen LogP) is 1.27. The number of hydrogen-bond donors (Lipinski definition) is 2. The third-order valence-corrected chi connectivity index (χ3v) is 6.05. The fourth-order valence-electron chi connectivity index (χ4n) is 3.79. The lowest BCUT2D eigenvalue weighted by Crippen LogP contribution is -2.40. The number of benzene rings is 1. The lowest BCUT2D eigenvalue weighted by Gasteiger charge is -2.36. The van der Waals surface area contributed by atoms with Crippen molar-refractivity contribution in [3.63, 3.8) is 0 Å². The smallest absolute Gasteiger partial charge is 0.274 e. The van der Waals surface area contributed by atoms with Crippen LogP contribution in [0.3, 0.4) is 0 Å². The van der Waals surface area contributed by atoms with Crippen LogP contribution in [-0.2, 0) is 14.9 Å². The van der Waals surface area contributed by atoms with E-state index in [1.54, 1.807) is 20.5 Å². The van der Waals surface area contributed by atoms with Gasteiger partial charge < -0.3 is 19.1 Å². The molecular formula is C19H29N5O5S. The molecule has 166 valence electrons. The van der Waals surface area contributed by atoms with Gasteiger partial charge in [0.25, 0.3) is 10.2 Å². The van der Waals surface area contributed by atoms with Crippen LogP contribution in [0.15, 0.2) is 18.5 Å². The molecular weight excluding hydrogens is 410 g/mol. The molecule has 3 rings (SSSR count). The van der Waals surface area contributed by atoms with Gasteiger partial charge in [0.15, 0.2) is 18.3 Å². The molecule has 3 N–H and O–H groups in total. The van der Waals surface area contributed by atoms with E-state index in [-0.39, 0.29) is 12.7 Å². The fraction of sp³-hybridized carbons (Fsp3) is 0.579. The standard InChI is InChI=1S/C19H29N5O5S/c1-13(10-23-30(20,25)26)14-4-6-24(7-5-14)19-15-8-18(29-12-27-2)17(28-3)9-16(15)21-11-22-19/h8-9,11,13-14,23H,4-7,10,12H2,1-3H3,(H2,20,25,26). The molecule has 1 unspecified atom stereocenters. The van der Waals surface area contributed by atoms with Crippen molar-refractivity contribution in [2.45, 2.75) is 19.8 Å². The molecule has 0 radical (unpaired) electrons. The van der Waals surface area contributed by atoms with Crippen molar-refractivity contribution in [1.82, 2.24) is 14.7 Å². The van der Waals surface area contributed by atoms with E-state index < -0.39 is 10.2 Å². The minimum absolute atomic E-state index is 0.112. The van der Waals surface area contributed by atoms with Gasteiger partial charge in [-0.15, -0.1) is 0 Å². The summed E-state index contributed by atoms with van der Waals surface area (Å²) in [4.78, 5) is 11.1. The van der Waals surface area contributed by atoms with E-state index >= 15 is 0 Å². The van der Waals surface area contributed by atoms with Crippen molar-refractivity contribution < 1.29 is 22.6 Å². The minimum atomic E-state index is -3.66. The van der Waals surface area contributed by atoms with Crippen LogP contribution < -0.4 is 24.2 Å². The molecule has 1 aliphatic rings. The first-order chi connectivity index (χ1) is 14.3. The number of anilines is 1. The number of ether oxygens (including phenoxy) is 3. The van der Waals surface area contributed by atoms with Gasteiger partial charge in [0.1, 0.15) is 12.1 Å². The number of nitrogens with one attached hydrogen (secondary N) is 1. The van der Waals surface area contributed by atoms with Crippen LogP contribution in [0.4, 0.5) is 5.82 Å². The van der Waals surface area contributed by atoms with Gasteiger partial charge in [0.2, 0.25) is 0 Å². The maximum Gasteiger partial charge on any atom is 0.274 e. The summed E-state index contributed by atoms with van der Waals surface area (Å²) in [6.07, 6.45) is 3.42. The summed E-state index contributed by atoms with van der Waals surface area (Å²) in [6.45, 7) is 4.14. The molecule has 0 aliphatic carbocycles. The third kappa shape index (κ3) is 5.48. The van der Waals surface area contributed by atoms with Gasteiger partial charge in [-0.25, -0.2) is 19.8 Å². The highest BCUT2D eigenvalue weighted by Crippen LogP contribution is 2.36. The van der Waals surface area contributed by atoms with Crippen molar-refractivity contribution in [3.8, 4) is 11.5 Å². The summed E-state index contributed by atoms with van der Waals surface area (Å²) >= 11 is 0. The van der Waals surface area contributed by atoms with E-state index in [1.807, 2.05) is 19.1 Å². The van der Waals surface area contributed by atoms with Gasteiger partial charge in [0, 0.05) is 38.2 Å². The Morgan fingerprint density at radius 1 is 1.23 bits per heavy atom. The molecule has 2 heterocycles. The highest BCUT2D eigenvalue weighted by molar-refractivity contribution is 7.87. The molecule has 1 aromatic carbocycles. The first-order valence-corrected chi connectivity index (χ1v) is 11.3. The zero-order valence-corrected chi connectivity index (χ0v) is 18.3. The van der Waals surface area contributed by atoms with Crippen molar-refractivity contribution >= 4 is 26.9 Å². The second-order valence-corrected chi connectivity index (χ2v) is 8.84. The average Bonchev–Trinajstić information content (AvgIpc) is 2.74. The summed E-state index contributed by atoms with van der Waals surface area (Å²) in [5, 5.41) is 5.92. The molecule has 1 aliphatic heterocycles. The van der Waals surface area contributed by atoms with Gasteiger partial charge in [0.05, 0.1) is 12.6 Å². The molecule has 0 spiro atoms. The second-order valence-electron chi connectivity index (χ2n) is 7.46. The van der Waals surface area contributed by atoms with Gasteiger partial charge in [-0.3, -0.25) is 0 Å². The van der Waals surface area contributed by atoms with Crippen molar-refractivity contribution in [1.29, 1.82) is 0 Å². The topological polar surface area (TPSA) is 129 Å². The van der Waals surface area contributed by atoms with Gasteiger partial charge >= 0.3 is 0 Å². The Bertz CT molecular complexity index is 963. The highest BCUT2D eigenvalue weighted by Gasteiger charge is 2.26. The summed E-state index contributed by atoms with van der Waals surface area (Å²) in [5.41, 5.74) is 0.773. The number of aromatic nitrogens is 2. The molecule has 30 heavy (non-hydrogen) atoms. The quantitative estimate of drug-likeness (QED) is 0.559. The lowest BCUT2D eigenvalue weighted by atomic mass is 9.85. The Balaban J connectivity index is 1.75. The number of nitrogens with two attached hydrogens (primary N) is 1. The maximum absolute atomic E-state index is 11.1. The molecule has 1 aromatic heterocycles. The van der Waals surface area contributed by atoms with Crippen molar-refractivity contribution in [2.24, 2.45) is 17.0 Å². The Morgan fingerprint density at radius 3 is 2.60 bits per heavy atom. The van der Waals surface area contributed by atoms with Crippen LogP contribution in [0.25, 0.3) is 10.9 Å². The number of hydrogen-bond acceptors (Lipinski definition) is 8. The lowest BCUT2D eigenvalue weighted by molar-refractivity contribution is 0.0493. The minimum Gasteiger partial charge on any atom is -0.493 e. The fourth-order valence-corrected chi connectivity index (χ4v) is 4.29. The van der Waals surface area contributed by atoms with Crippen LogP contribution in [0.5, 0.6) is 11.5 Å². The van der Waals surface area contributed by atoms with E-state index in [9.17, 15) is 8.42 Å². The summed E-state index contributed by atoms with van der Waals surface area (Å²) in [7, 11) is -0.517. The summed E-state index contributed by atoms with van der Waals surface area (Å²) < 4.78 is 40.7. The van der Waals surface area contributed by atoms with Crippen LogP contribution in [-0.4, -0.2) is 59.0 Å². The largest absolute Gasteiger partial charge is 0.493 e. The van der Waals surface area contributed by atoms with Gasteiger partial charge in [-0.1, -0.05) is 6.92 Å². The van der Waals surface area contributed by atoms with E-state index in [4.69, 9.17) is 19.3 Å². The zero-order chi connectivity index (χ0) is 21.7. The molecule has 1 fully saturated rings. The first kappa shape index (κ1) is 22.5. The molecule has 1 saturated heterocycles. The monoisotopic (exact) mass is 439 g/mol. The second kappa shape index (κ2) is 9.73. The predicted molar refractivity (Wildman–Crippen MR) is 114 cm³/mol. The van der Waals surface area contributed by atoms with Gasteiger partial charge in [-0.2, -0.15) is 8.42 Å². The molecule has 2 aromatic rings. The SMILES string of the molecule is COCOc1cc2c(N3CCC(C(C)CNS(N)(=O)=O)CC3)ncnc2cc1OC. The molecule has 0 bridgehead atoms. The third-order valence-electron chi connectivity index (χ3n) is 5.48. The van der Waals surface area contributed by atoms with Crippen LogP contribution in [0.1, 0.15) is 19.8 Å². The summed E-state index contributed by atoms with van der Waals surface area (Å²) in [6, 6.07) is 3.71. The number of methoxy groups -OCH3 is 2. The number of fused-ring (bicyclic) bond motifs is 1. The van der Waals surface area contributed by atoms with Crippen molar-refractivity contribution in [3.05, 3.63) is 18.5 Å². The average molecular weight is 440 g/mol. The van der Waals surface area contributed by atoms with Crippen LogP contribution in [0.2, 0.25) is 0 Å². The molecule has 0 saturated carbocycles. The molecule has 10 nitrogen and oxygen atoms in total. The number of rotatable bonds is 9. The molecule has 11 heteroatoms. The van der Waals surface area contributed by atoms with Gasteiger partial charge in [-0.05, 0) is 30.7 Å². The van der Waals surface area contributed by atoms with Crippen LogP contribution in [0, 0.1) is 11.8 Å². The summed E-state index contributed by atoms with van der Waals surface area (Å²) in [5.74, 6) is 2.61. The van der Waals surface area contributed by atoms with E-state index in [0.717, 1.165) is 42.7 Å². The van der Waals surface area contributed by atoms with E-state index in [0.29, 0.717) is 24.0 Å². The van der Waals surface area contributed by atoms with E-state index in [1.165, 1.54) is 0 Å². The maximum atomic E-state index is 11.1. The first-order valence-electron chi connectivity index (χ1n) is 9.79. The van der Waals surface area contributed by atoms with Crippen LogP contribution >= 0.6 is 0 Å². The van der Waals surface area contributed by atoms with Crippen molar-refractivity contribution in [2.75, 3.05) is 45.5 Å². The Morgan fingerprint density at radius 2 is 1.97 bits per heavy atom. The Hall–Kier alpha value is -2.21. The molecule has 1 atom stereocenters. The van der Waals surface area contributed by atoms with E-state index in [2.05, 4.69) is 19.6 Å². The normalized spacial score (nSPS) is 16.6. The Labute approximate surface area is 176 Å². The highest BCUT2D eigenvalue weighted by atomic mass is 32.2. The Kier molecular flexibility index (Phi) is 7.29. The zero-order valence-electron chi connectivity index (χ0n) is 17.5.